The summed E-state index contributed by atoms with van der Waals surface area (Å²) >= 11 is 0. The average molecular weight is 289 g/mol. The van der Waals surface area contributed by atoms with Crippen molar-refractivity contribution in [1.82, 2.24) is 4.98 Å². The molecule has 0 amide bonds. The summed E-state index contributed by atoms with van der Waals surface area (Å²) in [6.45, 7) is 7.22. The SMILES string of the molecule is CC(C)(C)COCc1ccc(F)c(Oc2ccccc2)n1. The molecule has 0 aliphatic carbocycles. The number of rotatable bonds is 5. The molecule has 0 radical (unpaired) electrons. The van der Waals surface area contributed by atoms with Crippen LogP contribution in [0.15, 0.2) is 42.5 Å². The highest BCUT2D eigenvalue weighted by Crippen LogP contribution is 2.22. The van der Waals surface area contributed by atoms with Crippen LogP contribution in [0.1, 0.15) is 26.5 Å². The maximum atomic E-state index is 13.7. The van der Waals surface area contributed by atoms with Gasteiger partial charge >= 0.3 is 0 Å². The van der Waals surface area contributed by atoms with Crippen LogP contribution in [-0.2, 0) is 11.3 Å². The molecule has 112 valence electrons. The van der Waals surface area contributed by atoms with Crippen LogP contribution in [0.2, 0.25) is 0 Å². The van der Waals surface area contributed by atoms with Gasteiger partial charge in [-0.25, -0.2) is 9.37 Å². The van der Waals surface area contributed by atoms with Gasteiger partial charge in [-0.3, -0.25) is 0 Å². The van der Waals surface area contributed by atoms with Gasteiger partial charge < -0.3 is 9.47 Å². The molecule has 0 unspecified atom stereocenters. The summed E-state index contributed by atoms with van der Waals surface area (Å²) in [5.41, 5.74) is 0.732. The van der Waals surface area contributed by atoms with Crippen LogP contribution in [0.3, 0.4) is 0 Å². The molecule has 0 spiro atoms. The molecule has 1 heterocycles. The van der Waals surface area contributed by atoms with Crippen LogP contribution >= 0.6 is 0 Å². The molecule has 0 aliphatic rings. The third-order valence-electron chi connectivity index (χ3n) is 2.61. The van der Waals surface area contributed by atoms with Gasteiger partial charge in [0.2, 0.25) is 0 Å². The van der Waals surface area contributed by atoms with Crippen molar-refractivity contribution >= 4 is 0 Å². The first-order valence-corrected chi connectivity index (χ1v) is 6.90. The van der Waals surface area contributed by atoms with Gasteiger partial charge in [0.15, 0.2) is 5.82 Å². The molecule has 3 nitrogen and oxygen atoms in total. The second kappa shape index (κ2) is 6.68. The fraction of sp³-hybridized carbons (Fsp3) is 0.353. The summed E-state index contributed by atoms with van der Waals surface area (Å²) in [7, 11) is 0. The Bertz CT molecular complexity index is 579. The minimum absolute atomic E-state index is 0.0296. The van der Waals surface area contributed by atoms with E-state index in [1.54, 1.807) is 18.2 Å². The number of halogens is 1. The van der Waals surface area contributed by atoms with Crippen LogP contribution < -0.4 is 4.74 Å². The van der Waals surface area contributed by atoms with E-state index in [-0.39, 0.29) is 11.3 Å². The van der Waals surface area contributed by atoms with Gasteiger partial charge in [-0.1, -0.05) is 39.0 Å². The summed E-state index contributed by atoms with van der Waals surface area (Å²) in [5, 5.41) is 0. The molecule has 2 aromatic rings. The summed E-state index contributed by atoms with van der Waals surface area (Å²) in [4.78, 5) is 4.16. The predicted molar refractivity (Wildman–Crippen MR) is 79.8 cm³/mol. The number of nitrogens with zero attached hydrogens (tertiary/aromatic N) is 1. The van der Waals surface area contributed by atoms with Gasteiger partial charge in [-0.15, -0.1) is 0 Å². The van der Waals surface area contributed by atoms with Crippen molar-refractivity contribution < 1.29 is 13.9 Å². The Balaban J connectivity index is 2.03. The first-order chi connectivity index (χ1) is 9.94. The summed E-state index contributed by atoms with van der Waals surface area (Å²) in [6, 6.07) is 12.0. The molecular formula is C17H20FNO2. The molecule has 0 aliphatic heterocycles. The maximum absolute atomic E-state index is 13.7. The van der Waals surface area contributed by atoms with E-state index in [0.717, 1.165) is 0 Å². The molecule has 1 aromatic carbocycles. The standard InChI is InChI=1S/C17H20FNO2/c1-17(2,3)12-20-11-13-9-10-15(18)16(19-13)21-14-7-5-4-6-8-14/h4-10H,11-12H2,1-3H3. The second-order valence-corrected chi connectivity index (χ2v) is 6.06. The van der Waals surface area contributed by atoms with Gasteiger partial charge in [0, 0.05) is 0 Å². The number of hydrogen-bond donors (Lipinski definition) is 0. The van der Waals surface area contributed by atoms with Crippen LogP contribution in [-0.4, -0.2) is 11.6 Å². The molecule has 2 rings (SSSR count). The van der Waals surface area contributed by atoms with Crippen molar-refractivity contribution in [2.75, 3.05) is 6.61 Å². The lowest BCUT2D eigenvalue weighted by Gasteiger charge is -2.17. The Hall–Kier alpha value is -1.94. The van der Waals surface area contributed by atoms with Crippen LogP contribution in [0, 0.1) is 11.2 Å². The van der Waals surface area contributed by atoms with Crippen molar-refractivity contribution in [3.05, 3.63) is 54.0 Å². The quantitative estimate of drug-likeness (QED) is 0.807. The Kier molecular flexibility index (Phi) is 4.91. The zero-order valence-corrected chi connectivity index (χ0v) is 12.6. The number of ether oxygens (including phenoxy) is 2. The minimum atomic E-state index is -0.488. The number of hydrogen-bond acceptors (Lipinski definition) is 3. The summed E-state index contributed by atoms with van der Waals surface area (Å²) in [5.74, 6) is 0.0353. The first-order valence-electron chi connectivity index (χ1n) is 6.90. The molecule has 0 saturated carbocycles. The van der Waals surface area contributed by atoms with Gasteiger partial charge in [0.25, 0.3) is 5.88 Å². The number of benzene rings is 1. The summed E-state index contributed by atoms with van der Waals surface area (Å²) < 4.78 is 24.8. The Morgan fingerprint density at radius 1 is 1.05 bits per heavy atom. The molecule has 0 N–H and O–H groups in total. The van der Waals surface area contributed by atoms with Crippen LogP contribution in [0.5, 0.6) is 11.6 Å². The van der Waals surface area contributed by atoms with Crippen molar-refractivity contribution in [3.8, 4) is 11.6 Å². The van der Waals surface area contributed by atoms with Crippen molar-refractivity contribution in [2.45, 2.75) is 27.4 Å². The summed E-state index contributed by atoms with van der Waals surface area (Å²) in [6.07, 6.45) is 0. The minimum Gasteiger partial charge on any atom is -0.436 e. The van der Waals surface area contributed by atoms with Crippen molar-refractivity contribution in [1.29, 1.82) is 0 Å². The number of pyridine rings is 1. The number of para-hydroxylation sites is 1. The Morgan fingerprint density at radius 3 is 2.43 bits per heavy atom. The normalized spacial score (nSPS) is 11.4. The van der Waals surface area contributed by atoms with E-state index >= 15 is 0 Å². The van der Waals surface area contributed by atoms with Crippen LogP contribution in [0.25, 0.3) is 0 Å². The van der Waals surface area contributed by atoms with E-state index < -0.39 is 5.82 Å². The van der Waals surface area contributed by atoms with Crippen molar-refractivity contribution in [2.24, 2.45) is 5.41 Å². The topological polar surface area (TPSA) is 31.4 Å². The fourth-order valence-corrected chi connectivity index (χ4v) is 1.68. The van der Waals surface area contributed by atoms with E-state index in [4.69, 9.17) is 9.47 Å². The Morgan fingerprint density at radius 2 is 1.76 bits per heavy atom. The molecule has 0 atom stereocenters. The van der Waals surface area contributed by atoms with E-state index in [9.17, 15) is 4.39 Å². The van der Waals surface area contributed by atoms with E-state index in [0.29, 0.717) is 24.7 Å². The zero-order chi connectivity index (χ0) is 15.3. The van der Waals surface area contributed by atoms with E-state index in [2.05, 4.69) is 25.8 Å². The van der Waals surface area contributed by atoms with Gasteiger partial charge in [-0.05, 0) is 29.7 Å². The van der Waals surface area contributed by atoms with Crippen molar-refractivity contribution in [3.63, 3.8) is 0 Å². The lowest BCUT2D eigenvalue weighted by atomic mass is 9.99. The first kappa shape index (κ1) is 15.4. The fourth-order valence-electron chi connectivity index (χ4n) is 1.68. The molecular weight excluding hydrogens is 269 g/mol. The highest BCUT2D eigenvalue weighted by molar-refractivity contribution is 5.28. The average Bonchev–Trinajstić information content (AvgIpc) is 2.42. The zero-order valence-electron chi connectivity index (χ0n) is 12.6. The van der Waals surface area contributed by atoms with Gasteiger partial charge in [0.1, 0.15) is 5.75 Å². The molecule has 21 heavy (non-hydrogen) atoms. The third kappa shape index (κ3) is 5.16. The van der Waals surface area contributed by atoms with Crippen LogP contribution in [0.4, 0.5) is 4.39 Å². The lowest BCUT2D eigenvalue weighted by molar-refractivity contribution is 0.0578. The monoisotopic (exact) mass is 289 g/mol. The van der Waals surface area contributed by atoms with E-state index in [1.165, 1.54) is 6.07 Å². The molecule has 0 bridgehead atoms. The largest absolute Gasteiger partial charge is 0.436 e. The predicted octanol–water partition coefficient (Wildman–Crippen LogP) is 4.58. The van der Waals surface area contributed by atoms with E-state index in [1.807, 2.05) is 18.2 Å². The highest BCUT2D eigenvalue weighted by atomic mass is 19.1. The van der Waals surface area contributed by atoms with Gasteiger partial charge in [-0.2, -0.15) is 0 Å². The van der Waals surface area contributed by atoms with Gasteiger partial charge in [0.05, 0.1) is 18.9 Å². The maximum Gasteiger partial charge on any atom is 0.256 e. The molecule has 1 aromatic heterocycles. The number of aromatic nitrogens is 1. The second-order valence-electron chi connectivity index (χ2n) is 6.06. The Labute approximate surface area is 124 Å². The lowest BCUT2D eigenvalue weighted by Crippen LogP contribution is -2.14. The smallest absolute Gasteiger partial charge is 0.256 e. The highest BCUT2D eigenvalue weighted by Gasteiger charge is 2.12. The molecule has 0 fully saturated rings. The molecule has 0 saturated heterocycles. The molecule has 4 heteroatoms. The third-order valence-corrected chi connectivity index (χ3v) is 2.61.